The minimum atomic E-state index is -4.62. The van der Waals surface area contributed by atoms with Gasteiger partial charge in [-0.3, -0.25) is 14.4 Å². The zero-order valence-corrected chi connectivity index (χ0v) is 18.4. The first-order chi connectivity index (χ1) is 15.5. The van der Waals surface area contributed by atoms with Crippen molar-refractivity contribution in [3.8, 4) is 0 Å². The monoisotopic (exact) mass is 486 g/mol. The molecule has 1 atom stereocenters. The summed E-state index contributed by atoms with van der Waals surface area (Å²) in [5.41, 5.74) is 0.878. The molecule has 11 heteroatoms. The third-order valence-electron chi connectivity index (χ3n) is 4.20. The highest BCUT2D eigenvalue weighted by atomic mass is 32.2. The number of anilines is 1. The standard InChI is InChI=1S/C22H22F4N2O4S/c1-15(33-13-19(29)27-18-9-7-17(23)8-10-18)21(31)32-12-20(30)28(14-22(24,25)26)11-16-5-3-2-4-6-16/h2-10,15H,11-14H2,1H3,(H,27,29)/t15-/m1/s1. The first kappa shape index (κ1) is 26.2. The topological polar surface area (TPSA) is 75.7 Å². The second-order valence-corrected chi connectivity index (χ2v) is 8.30. The Hall–Kier alpha value is -3.08. The number of rotatable bonds is 10. The fourth-order valence-corrected chi connectivity index (χ4v) is 3.27. The summed E-state index contributed by atoms with van der Waals surface area (Å²) >= 11 is 0.922. The number of benzene rings is 2. The number of hydrogen-bond donors (Lipinski definition) is 1. The molecule has 2 aromatic carbocycles. The summed E-state index contributed by atoms with van der Waals surface area (Å²) in [5, 5.41) is 1.68. The van der Waals surface area contributed by atoms with Gasteiger partial charge in [0.2, 0.25) is 5.91 Å². The van der Waals surface area contributed by atoms with Crippen LogP contribution in [0.2, 0.25) is 0 Å². The van der Waals surface area contributed by atoms with Gasteiger partial charge in [-0.15, -0.1) is 11.8 Å². The van der Waals surface area contributed by atoms with E-state index < -0.39 is 48.2 Å². The molecule has 0 aliphatic carbocycles. The van der Waals surface area contributed by atoms with Gasteiger partial charge < -0.3 is 15.0 Å². The fraction of sp³-hybridized carbons (Fsp3) is 0.318. The van der Waals surface area contributed by atoms with E-state index in [-0.39, 0.29) is 12.3 Å². The summed E-state index contributed by atoms with van der Waals surface area (Å²) in [7, 11) is 0. The van der Waals surface area contributed by atoms with Crippen molar-refractivity contribution in [2.45, 2.75) is 24.9 Å². The Balaban J connectivity index is 1.82. The van der Waals surface area contributed by atoms with E-state index in [9.17, 15) is 31.9 Å². The Morgan fingerprint density at radius 3 is 2.30 bits per heavy atom. The number of esters is 1. The average molecular weight is 486 g/mol. The molecule has 2 amide bonds. The molecule has 2 aromatic rings. The van der Waals surface area contributed by atoms with Gasteiger partial charge >= 0.3 is 12.1 Å². The van der Waals surface area contributed by atoms with Gasteiger partial charge in [0.15, 0.2) is 6.61 Å². The van der Waals surface area contributed by atoms with Crippen LogP contribution < -0.4 is 5.32 Å². The van der Waals surface area contributed by atoms with Crippen LogP contribution in [-0.4, -0.2) is 53.0 Å². The molecule has 0 saturated carbocycles. The van der Waals surface area contributed by atoms with E-state index in [1.807, 2.05) is 0 Å². The molecule has 0 saturated heterocycles. The third kappa shape index (κ3) is 9.94. The van der Waals surface area contributed by atoms with Crippen molar-refractivity contribution in [3.63, 3.8) is 0 Å². The highest BCUT2D eigenvalue weighted by Crippen LogP contribution is 2.19. The molecule has 0 heterocycles. The van der Waals surface area contributed by atoms with Crippen LogP contribution in [0.15, 0.2) is 54.6 Å². The van der Waals surface area contributed by atoms with E-state index >= 15 is 0 Å². The molecule has 0 aromatic heterocycles. The molecule has 0 fully saturated rings. The van der Waals surface area contributed by atoms with Crippen molar-refractivity contribution >= 4 is 35.2 Å². The predicted molar refractivity (Wildman–Crippen MR) is 116 cm³/mol. The number of hydrogen-bond acceptors (Lipinski definition) is 5. The minimum absolute atomic E-state index is 0.129. The predicted octanol–water partition coefficient (Wildman–Crippen LogP) is 4.02. The van der Waals surface area contributed by atoms with Crippen molar-refractivity contribution in [1.29, 1.82) is 0 Å². The normalized spacial score (nSPS) is 12.0. The lowest BCUT2D eigenvalue weighted by Crippen LogP contribution is -2.41. The highest BCUT2D eigenvalue weighted by molar-refractivity contribution is 8.01. The van der Waals surface area contributed by atoms with E-state index in [1.54, 1.807) is 30.3 Å². The number of amides is 2. The van der Waals surface area contributed by atoms with Gasteiger partial charge in [-0.2, -0.15) is 13.2 Å². The van der Waals surface area contributed by atoms with Crippen molar-refractivity contribution in [3.05, 3.63) is 66.0 Å². The second kappa shape index (κ2) is 12.2. The molecule has 0 aliphatic rings. The molecule has 0 unspecified atom stereocenters. The lowest BCUT2D eigenvalue weighted by Gasteiger charge is -2.24. The summed E-state index contributed by atoms with van der Waals surface area (Å²) in [6, 6.07) is 13.2. The first-order valence-corrected chi connectivity index (χ1v) is 10.8. The molecule has 0 spiro atoms. The van der Waals surface area contributed by atoms with Crippen LogP contribution in [0.1, 0.15) is 12.5 Å². The maximum atomic E-state index is 12.9. The Bertz CT molecular complexity index is 940. The van der Waals surface area contributed by atoms with Crippen molar-refractivity contribution in [2.75, 3.05) is 24.2 Å². The van der Waals surface area contributed by atoms with Crippen LogP contribution in [0, 0.1) is 5.82 Å². The Labute approximate surface area is 192 Å². The third-order valence-corrected chi connectivity index (χ3v) is 5.32. The number of carbonyl (C=O) groups is 3. The Morgan fingerprint density at radius 1 is 1.06 bits per heavy atom. The molecule has 0 radical (unpaired) electrons. The maximum Gasteiger partial charge on any atom is 0.406 e. The molecule has 178 valence electrons. The highest BCUT2D eigenvalue weighted by Gasteiger charge is 2.33. The van der Waals surface area contributed by atoms with Gasteiger partial charge in [0.25, 0.3) is 5.91 Å². The van der Waals surface area contributed by atoms with Gasteiger partial charge in [-0.25, -0.2) is 4.39 Å². The SMILES string of the molecule is C[C@@H](SCC(=O)Nc1ccc(F)cc1)C(=O)OCC(=O)N(Cc1ccccc1)CC(F)(F)F. The molecule has 1 N–H and O–H groups in total. The largest absolute Gasteiger partial charge is 0.455 e. The number of nitrogens with one attached hydrogen (secondary N) is 1. The van der Waals surface area contributed by atoms with Crippen LogP contribution in [0.4, 0.5) is 23.2 Å². The van der Waals surface area contributed by atoms with Crippen molar-refractivity contribution < 1.29 is 36.7 Å². The number of halogens is 4. The van der Waals surface area contributed by atoms with Crippen molar-refractivity contribution in [2.24, 2.45) is 0 Å². The van der Waals surface area contributed by atoms with Gasteiger partial charge in [0.1, 0.15) is 17.6 Å². The molecule has 33 heavy (non-hydrogen) atoms. The summed E-state index contributed by atoms with van der Waals surface area (Å²) in [6.45, 7) is -1.18. The second-order valence-electron chi connectivity index (χ2n) is 6.97. The minimum Gasteiger partial charge on any atom is -0.455 e. The maximum absolute atomic E-state index is 12.9. The van der Waals surface area contributed by atoms with E-state index in [0.29, 0.717) is 16.2 Å². The zero-order chi connectivity index (χ0) is 24.4. The number of alkyl halides is 3. The molecule has 6 nitrogen and oxygen atoms in total. The molecular formula is C22H22F4N2O4S. The summed E-state index contributed by atoms with van der Waals surface area (Å²) in [4.78, 5) is 36.9. The van der Waals surface area contributed by atoms with E-state index in [4.69, 9.17) is 4.74 Å². The molecule has 0 aliphatic heterocycles. The van der Waals surface area contributed by atoms with Gasteiger partial charge in [-0.05, 0) is 36.8 Å². The van der Waals surface area contributed by atoms with Crippen LogP contribution in [-0.2, 0) is 25.7 Å². The summed E-state index contributed by atoms with van der Waals surface area (Å²) in [6.07, 6.45) is -4.62. The number of carbonyl (C=O) groups excluding carboxylic acids is 3. The fourth-order valence-electron chi connectivity index (χ4n) is 2.59. The van der Waals surface area contributed by atoms with E-state index in [0.717, 1.165) is 11.8 Å². The number of ether oxygens (including phenoxy) is 1. The quantitative estimate of drug-likeness (QED) is 0.406. The first-order valence-electron chi connectivity index (χ1n) is 9.75. The number of thioether (sulfide) groups is 1. The van der Waals surface area contributed by atoms with E-state index in [1.165, 1.54) is 31.2 Å². The van der Waals surface area contributed by atoms with Gasteiger partial charge in [0, 0.05) is 12.2 Å². The van der Waals surface area contributed by atoms with Gasteiger partial charge in [0.05, 0.1) is 5.75 Å². The van der Waals surface area contributed by atoms with Crippen molar-refractivity contribution in [1.82, 2.24) is 4.90 Å². The number of nitrogens with zero attached hydrogens (tertiary/aromatic N) is 1. The Morgan fingerprint density at radius 2 is 1.70 bits per heavy atom. The van der Waals surface area contributed by atoms with Gasteiger partial charge in [-0.1, -0.05) is 30.3 Å². The Kier molecular flexibility index (Phi) is 9.71. The average Bonchev–Trinajstić information content (AvgIpc) is 2.76. The molecule has 0 bridgehead atoms. The van der Waals surface area contributed by atoms with Crippen LogP contribution >= 0.6 is 11.8 Å². The lowest BCUT2D eigenvalue weighted by molar-refractivity contribution is -0.167. The lowest BCUT2D eigenvalue weighted by atomic mass is 10.2. The molecular weight excluding hydrogens is 464 g/mol. The van der Waals surface area contributed by atoms with Crippen LogP contribution in [0.5, 0.6) is 0 Å². The summed E-state index contributed by atoms with van der Waals surface area (Å²) in [5.74, 6) is -2.85. The summed E-state index contributed by atoms with van der Waals surface area (Å²) < 4.78 is 56.4. The van der Waals surface area contributed by atoms with Crippen LogP contribution in [0.25, 0.3) is 0 Å². The van der Waals surface area contributed by atoms with Crippen LogP contribution in [0.3, 0.4) is 0 Å². The zero-order valence-electron chi connectivity index (χ0n) is 17.6. The van der Waals surface area contributed by atoms with E-state index in [2.05, 4.69) is 5.32 Å². The smallest absolute Gasteiger partial charge is 0.406 e. The molecule has 2 rings (SSSR count).